The number of hydrogen-bond donors (Lipinski definition) is 2. The number of azide groups is 1. The predicted octanol–water partition coefficient (Wildman–Crippen LogP) is -0.628. The zero-order chi connectivity index (χ0) is 25.4. The molecule has 0 aliphatic carbocycles. The Morgan fingerprint density at radius 1 is 1.29 bits per heavy atom. The summed E-state index contributed by atoms with van der Waals surface area (Å²) in [6.45, 7) is 3.63. The molecular weight excluding hydrogens is 454 g/mol. The van der Waals surface area contributed by atoms with Gasteiger partial charge in [0.25, 0.3) is 0 Å². The average molecular weight is 483 g/mol. The van der Waals surface area contributed by atoms with Crippen LogP contribution in [0.4, 0.5) is 0 Å². The number of carbonyl (C=O) groups is 3. The molecule has 0 spiro atoms. The van der Waals surface area contributed by atoms with Crippen molar-refractivity contribution in [2.75, 3.05) is 40.0 Å². The maximum Gasteiger partial charge on any atom is 0.333 e. The van der Waals surface area contributed by atoms with Gasteiger partial charge in [0.15, 0.2) is 17.6 Å². The average Bonchev–Trinajstić information content (AvgIpc) is 3.25. The molecule has 2 amide bonds. The van der Waals surface area contributed by atoms with Gasteiger partial charge in [-0.3, -0.25) is 9.59 Å². The van der Waals surface area contributed by atoms with Crippen LogP contribution in [-0.4, -0.2) is 93.7 Å². The van der Waals surface area contributed by atoms with Gasteiger partial charge in [-0.1, -0.05) is 11.0 Å². The number of ether oxygens (including phenoxy) is 6. The Bertz CT molecular complexity index is 854. The second-order valence-corrected chi connectivity index (χ2v) is 8.18. The van der Waals surface area contributed by atoms with Crippen molar-refractivity contribution in [3.63, 3.8) is 0 Å². The highest BCUT2D eigenvalue weighted by Crippen LogP contribution is 2.38. The van der Waals surface area contributed by atoms with E-state index in [1.54, 1.807) is 13.8 Å². The Labute approximate surface area is 196 Å². The van der Waals surface area contributed by atoms with Gasteiger partial charge in [0.1, 0.15) is 25.4 Å². The van der Waals surface area contributed by atoms with Crippen molar-refractivity contribution >= 4 is 17.8 Å². The third-order valence-electron chi connectivity index (χ3n) is 4.89. The van der Waals surface area contributed by atoms with Crippen LogP contribution in [-0.2, 0) is 42.8 Å². The van der Waals surface area contributed by atoms with E-state index in [1.807, 2.05) is 0 Å². The van der Waals surface area contributed by atoms with Gasteiger partial charge in [-0.2, -0.15) is 0 Å². The van der Waals surface area contributed by atoms with E-state index in [1.165, 1.54) is 14.0 Å². The van der Waals surface area contributed by atoms with Crippen molar-refractivity contribution in [3.05, 3.63) is 10.4 Å². The van der Waals surface area contributed by atoms with E-state index in [4.69, 9.17) is 40.4 Å². The standard InChI is InChI=1S/C20H29N5O9/c1-6-7-30-11-20(4,18(28)29-5)24-13(26)9-22-14(27)10-31-15-12(8-23-25-21)32-17-16(15)33-19(2,3)34-17/h1,12,15-17H,7-11H2,2-5H3,(H,22,27)(H,24,26)/t12-,15+,16-,17-,20+/m1/s1. The summed E-state index contributed by atoms with van der Waals surface area (Å²) >= 11 is 0. The predicted molar refractivity (Wildman–Crippen MR) is 114 cm³/mol. The lowest BCUT2D eigenvalue weighted by molar-refractivity contribution is -0.216. The van der Waals surface area contributed by atoms with Crippen LogP contribution in [0, 0.1) is 12.3 Å². The van der Waals surface area contributed by atoms with Crippen LogP contribution in [0.2, 0.25) is 0 Å². The molecule has 2 aliphatic heterocycles. The van der Waals surface area contributed by atoms with Gasteiger partial charge in [0.05, 0.1) is 32.9 Å². The first-order valence-corrected chi connectivity index (χ1v) is 10.4. The number of esters is 1. The summed E-state index contributed by atoms with van der Waals surface area (Å²) in [7, 11) is 1.17. The van der Waals surface area contributed by atoms with E-state index in [-0.39, 0.29) is 19.8 Å². The molecule has 14 heteroatoms. The van der Waals surface area contributed by atoms with Gasteiger partial charge in [-0.25, -0.2) is 4.79 Å². The quantitative estimate of drug-likeness (QED) is 0.0912. The van der Waals surface area contributed by atoms with Gasteiger partial charge >= 0.3 is 5.97 Å². The monoisotopic (exact) mass is 483 g/mol. The minimum atomic E-state index is -1.50. The highest BCUT2D eigenvalue weighted by Gasteiger charge is 2.55. The second-order valence-electron chi connectivity index (χ2n) is 8.18. The fourth-order valence-corrected chi connectivity index (χ4v) is 3.45. The molecule has 14 nitrogen and oxygen atoms in total. The normalized spacial score (nSPS) is 26.3. The number of rotatable bonds is 12. The van der Waals surface area contributed by atoms with Crippen LogP contribution in [0.5, 0.6) is 0 Å². The number of carbonyl (C=O) groups excluding carboxylic acids is 3. The summed E-state index contributed by atoms with van der Waals surface area (Å²) in [5.74, 6) is -0.663. The van der Waals surface area contributed by atoms with Gasteiger partial charge in [0.2, 0.25) is 11.8 Å². The number of hydrogen-bond acceptors (Lipinski definition) is 10. The Morgan fingerprint density at radius 2 is 2.03 bits per heavy atom. The van der Waals surface area contributed by atoms with Crippen LogP contribution >= 0.6 is 0 Å². The minimum Gasteiger partial charge on any atom is -0.467 e. The number of methoxy groups -OCH3 is 1. The van der Waals surface area contributed by atoms with Crippen LogP contribution in [0.25, 0.3) is 10.4 Å². The fourth-order valence-electron chi connectivity index (χ4n) is 3.45. The summed E-state index contributed by atoms with van der Waals surface area (Å²) in [6.07, 6.45) is 2.33. The Kier molecular flexibility index (Phi) is 9.63. The Balaban J connectivity index is 1.87. The third-order valence-corrected chi connectivity index (χ3v) is 4.89. The number of nitrogens with zero attached hydrogens (tertiary/aromatic N) is 3. The molecule has 0 aromatic rings. The van der Waals surface area contributed by atoms with Crippen molar-refractivity contribution in [2.45, 2.75) is 56.7 Å². The molecule has 2 heterocycles. The van der Waals surface area contributed by atoms with Gasteiger partial charge in [0, 0.05) is 4.91 Å². The number of nitrogens with one attached hydrogen (secondary N) is 2. The van der Waals surface area contributed by atoms with Crippen molar-refractivity contribution in [3.8, 4) is 12.3 Å². The zero-order valence-corrected chi connectivity index (χ0v) is 19.4. The highest BCUT2D eigenvalue weighted by atomic mass is 16.8. The molecule has 2 N–H and O–H groups in total. The number of terminal acetylenes is 1. The summed E-state index contributed by atoms with van der Waals surface area (Å²) < 4.78 is 32.6. The van der Waals surface area contributed by atoms with Crippen molar-refractivity contribution in [1.29, 1.82) is 0 Å². The second kappa shape index (κ2) is 12.0. The molecule has 0 radical (unpaired) electrons. The Morgan fingerprint density at radius 3 is 2.68 bits per heavy atom. The first-order valence-electron chi connectivity index (χ1n) is 10.4. The van der Waals surface area contributed by atoms with Gasteiger partial charge in [-0.05, 0) is 26.3 Å². The first-order chi connectivity index (χ1) is 16.0. The number of fused-ring (bicyclic) bond motifs is 1. The molecule has 0 saturated carbocycles. The molecule has 0 aromatic heterocycles. The molecule has 2 aliphatic rings. The molecule has 188 valence electrons. The summed E-state index contributed by atoms with van der Waals surface area (Å²) in [5.41, 5.74) is 7.08. The maximum absolute atomic E-state index is 12.3. The SMILES string of the molecule is C#CCOC[C@](C)(NC(=O)CNC(=O)CO[C@@H]1[C@H]2OC(C)(C)O[C@H]2O[C@@H]1CN=[N+]=[N-])C(=O)OC. The van der Waals surface area contributed by atoms with E-state index in [9.17, 15) is 14.4 Å². The molecule has 5 atom stereocenters. The van der Waals surface area contributed by atoms with Crippen LogP contribution < -0.4 is 10.6 Å². The van der Waals surface area contributed by atoms with Crippen LogP contribution in [0.3, 0.4) is 0 Å². The van der Waals surface area contributed by atoms with E-state index >= 15 is 0 Å². The highest BCUT2D eigenvalue weighted by molar-refractivity contribution is 5.90. The smallest absolute Gasteiger partial charge is 0.333 e. The van der Waals surface area contributed by atoms with Crippen molar-refractivity contribution in [2.24, 2.45) is 5.11 Å². The lowest BCUT2D eigenvalue weighted by Gasteiger charge is -2.27. The fraction of sp³-hybridized carbons (Fsp3) is 0.750. The molecule has 2 saturated heterocycles. The van der Waals surface area contributed by atoms with E-state index in [2.05, 4.69) is 26.6 Å². The third kappa shape index (κ3) is 7.29. The zero-order valence-electron chi connectivity index (χ0n) is 19.4. The van der Waals surface area contributed by atoms with E-state index in [0.29, 0.717) is 0 Å². The molecule has 2 fully saturated rings. The lowest BCUT2D eigenvalue weighted by Crippen LogP contribution is -2.58. The molecule has 0 aromatic carbocycles. The lowest BCUT2D eigenvalue weighted by atomic mass is 10.0. The summed E-state index contributed by atoms with van der Waals surface area (Å²) in [5, 5.41) is 8.34. The van der Waals surface area contributed by atoms with Crippen LogP contribution in [0.1, 0.15) is 20.8 Å². The number of amides is 2. The first kappa shape index (κ1) is 27.3. The van der Waals surface area contributed by atoms with Gasteiger partial charge < -0.3 is 39.1 Å². The topological polar surface area (TPSA) is 179 Å². The Hall–Kier alpha value is -2.92. The largest absolute Gasteiger partial charge is 0.467 e. The van der Waals surface area contributed by atoms with Crippen LogP contribution in [0.15, 0.2) is 5.11 Å². The maximum atomic E-state index is 12.3. The van der Waals surface area contributed by atoms with Crippen molar-refractivity contribution in [1.82, 2.24) is 10.6 Å². The molecule has 2 rings (SSSR count). The van der Waals surface area contributed by atoms with Gasteiger partial charge in [-0.15, -0.1) is 6.42 Å². The molecule has 0 unspecified atom stereocenters. The van der Waals surface area contributed by atoms with Crippen molar-refractivity contribution < 1.29 is 42.8 Å². The summed E-state index contributed by atoms with van der Waals surface area (Å²) in [4.78, 5) is 39.3. The molecule has 0 bridgehead atoms. The molecular formula is C20H29N5O9. The van der Waals surface area contributed by atoms with E-state index < -0.39 is 66.9 Å². The minimum absolute atomic E-state index is 0.0425. The molecule has 34 heavy (non-hydrogen) atoms. The van der Waals surface area contributed by atoms with E-state index in [0.717, 1.165) is 0 Å². The summed E-state index contributed by atoms with van der Waals surface area (Å²) in [6, 6.07) is 0.